The highest BCUT2D eigenvalue weighted by Gasteiger charge is 2.01. The molecule has 0 aliphatic carbocycles. The van der Waals surface area contributed by atoms with Crippen LogP contribution >= 0.6 is 0 Å². The van der Waals surface area contributed by atoms with Crippen LogP contribution in [0.15, 0.2) is 12.2 Å². The van der Waals surface area contributed by atoms with Crippen molar-refractivity contribution in [2.75, 3.05) is 13.2 Å². The van der Waals surface area contributed by atoms with Crippen molar-refractivity contribution < 1.29 is 9.53 Å². The van der Waals surface area contributed by atoms with Gasteiger partial charge in [-0.05, 0) is 24.8 Å². The minimum atomic E-state index is 0.101. The van der Waals surface area contributed by atoms with E-state index in [0.717, 1.165) is 13.0 Å². The number of hydrogen-bond acceptors (Lipinski definition) is 2. The second-order valence-corrected chi connectivity index (χ2v) is 3.75. The summed E-state index contributed by atoms with van der Waals surface area (Å²) in [6.45, 7) is 10.9. The molecule has 0 radical (unpaired) electrons. The third-order valence-electron chi connectivity index (χ3n) is 1.79. The van der Waals surface area contributed by atoms with Crippen molar-refractivity contribution in [2.24, 2.45) is 5.92 Å². The second-order valence-electron chi connectivity index (χ2n) is 3.75. The first-order chi connectivity index (χ1) is 6.04. The predicted octanol–water partition coefficient (Wildman–Crippen LogP) is 2.58. The van der Waals surface area contributed by atoms with Crippen LogP contribution < -0.4 is 0 Å². The Hall–Kier alpha value is -0.630. The van der Waals surface area contributed by atoms with Crippen LogP contribution in [0.3, 0.4) is 0 Å². The van der Waals surface area contributed by atoms with Gasteiger partial charge < -0.3 is 4.74 Å². The predicted molar refractivity (Wildman–Crippen MR) is 54.7 cm³/mol. The van der Waals surface area contributed by atoms with Gasteiger partial charge in [0.25, 0.3) is 0 Å². The molecule has 0 saturated carbocycles. The molecule has 2 heteroatoms. The Labute approximate surface area is 81.0 Å². The zero-order chi connectivity index (χ0) is 10.3. The Morgan fingerprint density at radius 2 is 2.00 bits per heavy atom. The van der Waals surface area contributed by atoms with Gasteiger partial charge >= 0.3 is 0 Å². The number of carbonyl (C=O) groups excluding carboxylic acids is 1. The van der Waals surface area contributed by atoms with Crippen molar-refractivity contribution in [3.63, 3.8) is 0 Å². The lowest BCUT2D eigenvalue weighted by molar-refractivity contribution is -0.116. The van der Waals surface area contributed by atoms with E-state index in [0.29, 0.717) is 24.5 Å². The second kappa shape index (κ2) is 6.84. The minimum absolute atomic E-state index is 0.101. The summed E-state index contributed by atoms with van der Waals surface area (Å²) in [5.74, 6) is 0.765. The Bertz CT molecular complexity index is 171. The SMILES string of the molecule is C=C(C)C(=O)CCOCCC(C)C. The van der Waals surface area contributed by atoms with Crippen LogP contribution in [0.1, 0.15) is 33.6 Å². The highest BCUT2D eigenvalue weighted by Crippen LogP contribution is 2.00. The maximum absolute atomic E-state index is 11.1. The molecule has 0 spiro atoms. The lowest BCUT2D eigenvalue weighted by Crippen LogP contribution is -2.06. The van der Waals surface area contributed by atoms with Gasteiger partial charge in [-0.15, -0.1) is 0 Å². The third kappa shape index (κ3) is 7.72. The number of ether oxygens (including phenoxy) is 1. The Morgan fingerprint density at radius 3 is 2.46 bits per heavy atom. The van der Waals surface area contributed by atoms with Gasteiger partial charge in [0.15, 0.2) is 5.78 Å². The average Bonchev–Trinajstić information content (AvgIpc) is 2.02. The van der Waals surface area contributed by atoms with E-state index in [1.165, 1.54) is 0 Å². The summed E-state index contributed by atoms with van der Waals surface area (Å²) < 4.78 is 5.30. The standard InChI is InChI=1S/C11H20O2/c1-9(2)5-7-13-8-6-11(12)10(3)4/h9H,3,5-8H2,1-2,4H3. The minimum Gasteiger partial charge on any atom is -0.381 e. The Kier molecular flexibility index (Phi) is 6.51. The fourth-order valence-corrected chi connectivity index (χ4v) is 0.799. The molecule has 2 nitrogen and oxygen atoms in total. The van der Waals surface area contributed by atoms with Gasteiger partial charge in [-0.2, -0.15) is 0 Å². The molecule has 0 aromatic carbocycles. The van der Waals surface area contributed by atoms with E-state index in [9.17, 15) is 4.79 Å². The summed E-state index contributed by atoms with van der Waals surface area (Å²) in [7, 11) is 0. The molecule has 0 atom stereocenters. The van der Waals surface area contributed by atoms with E-state index >= 15 is 0 Å². The fourth-order valence-electron chi connectivity index (χ4n) is 0.799. The molecule has 0 amide bonds. The van der Waals surface area contributed by atoms with Crippen molar-refractivity contribution in [1.82, 2.24) is 0 Å². The quantitative estimate of drug-likeness (QED) is 0.449. The first-order valence-electron chi connectivity index (χ1n) is 4.80. The van der Waals surface area contributed by atoms with Gasteiger partial charge in [0, 0.05) is 13.0 Å². The molecule has 0 aromatic rings. The van der Waals surface area contributed by atoms with Crippen LogP contribution in [0.4, 0.5) is 0 Å². The molecular formula is C11H20O2. The summed E-state index contributed by atoms with van der Waals surface area (Å²) >= 11 is 0. The van der Waals surface area contributed by atoms with Crippen LogP contribution in [0.25, 0.3) is 0 Å². The fraction of sp³-hybridized carbons (Fsp3) is 0.727. The molecule has 0 aromatic heterocycles. The first kappa shape index (κ1) is 12.4. The molecule has 76 valence electrons. The molecule has 0 aliphatic heterocycles. The number of carbonyl (C=O) groups is 1. The summed E-state index contributed by atoms with van der Waals surface area (Å²) in [4.78, 5) is 11.1. The smallest absolute Gasteiger partial charge is 0.160 e. The van der Waals surface area contributed by atoms with E-state index in [4.69, 9.17) is 4.74 Å². The van der Waals surface area contributed by atoms with Crippen LogP contribution in [0, 0.1) is 5.92 Å². The molecule has 0 rings (SSSR count). The van der Waals surface area contributed by atoms with E-state index in [-0.39, 0.29) is 5.78 Å². The Balaban J connectivity index is 3.26. The van der Waals surface area contributed by atoms with Crippen LogP contribution in [-0.2, 0) is 9.53 Å². The normalized spacial score (nSPS) is 10.5. The summed E-state index contributed by atoms with van der Waals surface area (Å²) in [6, 6.07) is 0. The molecular weight excluding hydrogens is 164 g/mol. The zero-order valence-electron chi connectivity index (χ0n) is 8.93. The topological polar surface area (TPSA) is 26.3 Å². The lowest BCUT2D eigenvalue weighted by Gasteiger charge is -2.05. The van der Waals surface area contributed by atoms with E-state index in [2.05, 4.69) is 20.4 Å². The van der Waals surface area contributed by atoms with Gasteiger partial charge in [-0.1, -0.05) is 20.4 Å². The summed E-state index contributed by atoms with van der Waals surface area (Å²) in [5, 5.41) is 0. The van der Waals surface area contributed by atoms with E-state index < -0.39 is 0 Å². The van der Waals surface area contributed by atoms with Crippen molar-refractivity contribution in [3.8, 4) is 0 Å². The molecule has 13 heavy (non-hydrogen) atoms. The first-order valence-corrected chi connectivity index (χ1v) is 4.80. The van der Waals surface area contributed by atoms with E-state index in [1.807, 2.05) is 0 Å². The summed E-state index contributed by atoms with van der Waals surface area (Å²) in [6.07, 6.45) is 1.52. The highest BCUT2D eigenvalue weighted by atomic mass is 16.5. The Morgan fingerprint density at radius 1 is 1.38 bits per heavy atom. The van der Waals surface area contributed by atoms with Crippen molar-refractivity contribution in [1.29, 1.82) is 0 Å². The maximum Gasteiger partial charge on any atom is 0.160 e. The van der Waals surface area contributed by atoms with Crippen LogP contribution in [0.5, 0.6) is 0 Å². The van der Waals surface area contributed by atoms with Gasteiger partial charge in [-0.25, -0.2) is 0 Å². The largest absolute Gasteiger partial charge is 0.381 e. The average molecular weight is 184 g/mol. The number of rotatable bonds is 7. The maximum atomic E-state index is 11.1. The molecule has 0 saturated heterocycles. The number of Topliss-reactive ketones (excluding diaryl/α,β-unsaturated/α-hetero) is 1. The van der Waals surface area contributed by atoms with Gasteiger partial charge in [-0.3, -0.25) is 4.79 Å². The van der Waals surface area contributed by atoms with Gasteiger partial charge in [0.2, 0.25) is 0 Å². The monoisotopic (exact) mass is 184 g/mol. The molecule has 0 fully saturated rings. The molecule has 0 bridgehead atoms. The number of ketones is 1. The van der Waals surface area contributed by atoms with Crippen molar-refractivity contribution >= 4 is 5.78 Å². The summed E-state index contributed by atoms with van der Waals surface area (Å²) in [5.41, 5.74) is 0.618. The van der Waals surface area contributed by atoms with Crippen molar-refractivity contribution in [3.05, 3.63) is 12.2 Å². The van der Waals surface area contributed by atoms with Gasteiger partial charge in [0.05, 0.1) is 6.61 Å². The van der Waals surface area contributed by atoms with E-state index in [1.54, 1.807) is 6.92 Å². The zero-order valence-corrected chi connectivity index (χ0v) is 8.93. The molecule has 0 aliphatic rings. The van der Waals surface area contributed by atoms with Crippen LogP contribution in [-0.4, -0.2) is 19.0 Å². The third-order valence-corrected chi connectivity index (χ3v) is 1.79. The number of allylic oxidation sites excluding steroid dienone is 1. The molecule has 0 unspecified atom stereocenters. The van der Waals surface area contributed by atoms with Crippen LogP contribution in [0.2, 0.25) is 0 Å². The number of hydrogen-bond donors (Lipinski definition) is 0. The molecule has 0 N–H and O–H groups in total. The molecule has 0 heterocycles. The van der Waals surface area contributed by atoms with Gasteiger partial charge in [0.1, 0.15) is 0 Å². The lowest BCUT2D eigenvalue weighted by atomic mass is 10.1. The van der Waals surface area contributed by atoms with Crippen molar-refractivity contribution in [2.45, 2.75) is 33.6 Å². The highest BCUT2D eigenvalue weighted by molar-refractivity contribution is 5.94.